The first kappa shape index (κ1) is 14.9. The Morgan fingerprint density at radius 3 is 2.47 bits per heavy atom. The maximum absolute atomic E-state index is 5.87. The summed E-state index contributed by atoms with van der Waals surface area (Å²) in [6, 6.07) is 0.734. The molecular formula is C14H29NO2. The molecule has 0 bridgehead atoms. The van der Waals surface area contributed by atoms with Crippen molar-refractivity contribution in [1.29, 1.82) is 0 Å². The number of rotatable bonds is 9. The summed E-state index contributed by atoms with van der Waals surface area (Å²) < 4.78 is 11.2. The van der Waals surface area contributed by atoms with Crippen LogP contribution in [0.4, 0.5) is 0 Å². The molecule has 0 aromatic heterocycles. The predicted molar refractivity (Wildman–Crippen MR) is 71.4 cm³/mol. The third kappa shape index (κ3) is 7.02. The van der Waals surface area contributed by atoms with Crippen molar-refractivity contribution < 1.29 is 9.47 Å². The molecule has 0 spiro atoms. The van der Waals surface area contributed by atoms with Crippen LogP contribution in [0.15, 0.2) is 0 Å². The largest absolute Gasteiger partial charge is 0.382 e. The Morgan fingerprint density at radius 2 is 1.82 bits per heavy atom. The molecule has 0 aliphatic heterocycles. The van der Waals surface area contributed by atoms with Gasteiger partial charge in [0.05, 0.1) is 6.10 Å². The van der Waals surface area contributed by atoms with Gasteiger partial charge in [0.2, 0.25) is 0 Å². The Hall–Kier alpha value is -0.120. The summed E-state index contributed by atoms with van der Waals surface area (Å²) in [5.41, 5.74) is 0. The van der Waals surface area contributed by atoms with E-state index in [2.05, 4.69) is 12.2 Å². The van der Waals surface area contributed by atoms with Crippen molar-refractivity contribution >= 4 is 0 Å². The Morgan fingerprint density at radius 1 is 1.06 bits per heavy atom. The molecular weight excluding hydrogens is 214 g/mol. The molecule has 0 aromatic carbocycles. The molecule has 1 aliphatic rings. The van der Waals surface area contributed by atoms with Gasteiger partial charge in [0.15, 0.2) is 0 Å². The second-order valence-electron chi connectivity index (χ2n) is 4.85. The van der Waals surface area contributed by atoms with Gasteiger partial charge in [-0.25, -0.2) is 0 Å². The Bertz CT molecular complexity index is 165. The van der Waals surface area contributed by atoms with Gasteiger partial charge in [-0.3, -0.25) is 0 Å². The normalized spacial score (nSPS) is 25.1. The molecule has 1 aliphatic carbocycles. The van der Waals surface area contributed by atoms with Gasteiger partial charge < -0.3 is 14.8 Å². The topological polar surface area (TPSA) is 30.5 Å². The average Bonchev–Trinajstić information content (AvgIpc) is 2.37. The molecule has 3 nitrogen and oxygen atoms in total. The van der Waals surface area contributed by atoms with E-state index in [-0.39, 0.29) is 0 Å². The van der Waals surface area contributed by atoms with E-state index < -0.39 is 0 Å². The third-order valence-electron chi connectivity index (χ3n) is 3.35. The molecule has 17 heavy (non-hydrogen) atoms. The van der Waals surface area contributed by atoms with Crippen molar-refractivity contribution in [1.82, 2.24) is 5.32 Å². The number of hydrogen-bond donors (Lipinski definition) is 1. The Balaban J connectivity index is 1.95. The summed E-state index contributed by atoms with van der Waals surface area (Å²) in [4.78, 5) is 0. The molecule has 3 heteroatoms. The lowest BCUT2D eigenvalue weighted by atomic mass is 9.93. The molecule has 0 radical (unpaired) electrons. The summed E-state index contributed by atoms with van der Waals surface area (Å²) in [7, 11) is 0. The Labute approximate surface area is 106 Å². The van der Waals surface area contributed by atoms with E-state index in [1.807, 2.05) is 6.92 Å². The summed E-state index contributed by atoms with van der Waals surface area (Å²) in [6.45, 7) is 7.92. The molecule has 0 aromatic rings. The maximum atomic E-state index is 5.87. The second-order valence-corrected chi connectivity index (χ2v) is 4.85. The zero-order valence-electron chi connectivity index (χ0n) is 11.5. The first-order chi connectivity index (χ1) is 8.36. The van der Waals surface area contributed by atoms with Crippen molar-refractivity contribution in [3.63, 3.8) is 0 Å². The minimum atomic E-state index is 0.497. The van der Waals surface area contributed by atoms with Crippen LogP contribution >= 0.6 is 0 Å². The first-order valence-corrected chi connectivity index (χ1v) is 7.29. The zero-order valence-corrected chi connectivity index (χ0v) is 11.5. The Kier molecular flexibility index (Phi) is 8.67. The van der Waals surface area contributed by atoms with Crippen LogP contribution in [0.2, 0.25) is 0 Å². The molecule has 1 N–H and O–H groups in total. The van der Waals surface area contributed by atoms with Crippen molar-refractivity contribution in [2.24, 2.45) is 0 Å². The highest BCUT2D eigenvalue weighted by Gasteiger charge is 2.20. The highest BCUT2D eigenvalue weighted by atomic mass is 16.5. The van der Waals surface area contributed by atoms with Crippen LogP contribution in [0.1, 0.15) is 52.4 Å². The van der Waals surface area contributed by atoms with Crippen LogP contribution in [0.5, 0.6) is 0 Å². The van der Waals surface area contributed by atoms with Crippen molar-refractivity contribution in [3.8, 4) is 0 Å². The van der Waals surface area contributed by atoms with Gasteiger partial charge in [-0.1, -0.05) is 6.92 Å². The van der Waals surface area contributed by atoms with Crippen LogP contribution in [-0.2, 0) is 9.47 Å². The van der Waals surface area contributed by atoms with Gasteiger partial charge in [0.1, 0.15) is 0 Å². The van der Waals surface area contributed by atoms with E-state index >= 15 is 0 Å². The van der Waals surface area contributed by atoms with Crippen LogP contribution in [0.3, 0.4) is 0 Å². The predicted octanol–water partition coefficient (Wildman–Crippen LogP) is 2.74. The van der Waals surface area contributed by atoms with Crippen molar-refractivity contribution in [3.05, 3.63) is 0 Å². The highest BCUT2D eigenvalue weighted by Crippen LogP contribution is 2.21. The molecule has 0 atom stereocenters. The number of nitrogens with one attached hydrogen (secondary N) is 1. The number of ether oxygens (including phenoxy) is 2. The summed E-state index contributed by atoms with van der Waals surface area (Å²) in [5.74, 6) is 0. The van der Waals surface area contributed by atoms with Crippen LogP contribution < -0.4 is 5.32 Å². The van der Waals surface area contributed by atoms with E-state index in [0.717, 1.165) is 38.8 Å². The van der Waals surface area contributed by atoms with Gasteiger partial charge in [0, 0.05) is 25.9 Å². The minimum Gasteiger partial charge on any atom is -0.382 e. The van der Waals surface area contributed by atoms with E-state index in [1.54, 1.807) is 0 Å². The van der Waals surface area contributed by atoms with Crippen LogP contribution in [-0.4, -0.2) is 38.5 Å². The smallest absolute Gasteiger partial charge is 0.0576 e. The molecule has 0 heterocycles. The van der Waals surface area contributed by atoms with Gasteiger partial charge in [0.25, 0.3) is 0 Å². The van der Waals surface area contributed by atoms with Gasteiger partial charge in [-0.15, -0.1) is 0 Å². The van der Waals surface area contributed by atoms with Crippen LogP contribution in [0, 0.1) is 0 Å². The standard InChI is InChI=1S/C14H29NO2/c1-3-10-15-13-6-8-14(9-7-13)17-12-5-11-16-4-2/h13-15H,3-12H2,1-2H3. The quantitative estimate of drug-likeness (QED) is 0.632. The lowest BCUT2D eigenvalue weighted by molar-refractivity contribution is 0.0103. The van der Waals surface area contributed by atoms with Gasteiger partial charge >= 0.3 is 0 Å². The van der Waals surface area contributed by atoms with E-state index in [0.29, 0.717) is 6.10 Å². The summed E-state index contributed by atoms with van der Waals surface area (Å²) in [6.07, 6.45) is 7.74. The summed E-state index contributed by atoms with van der Waals surface area (Å²) >= 11 is 0. The van der Waals surface area contributed by atoms with Gasteiger partial charge in [-0.2, -0.15) is 0 Å². The molecule has 1 saturated carbocycles. The molecule has 1 fully saturated rings. The van der Waals surface area contributed by atoms with E-state index in [1.165, 1.54) is 32.1 Å². The first-order valence-electron chi connectivity index (χ1n) is 7.29. The van der Waals surface area contributed by atoms with Crippen molar-refractivity contribution in [2.45, 2.75) is 64.5 Å². The summed E-state index contributed by atoms with van der Waals surface area (Å²) in [5, 5.41) is 3.60. The maximum Gasteiger partial charge on any atom is 0.0576 e. The van der Waals surface area contributed by atoms with Gasteiger partial charge in [-0.05, 0) is 52.0 Å². The lowest BCUT2D eigenvalue weighted by Crippen LogP contribution is -2.35. The highest BCUT2D eigenvalue weighted by molar-refractivity contribution is 4.77. The fourth-order valence-electron chi connectivity index (χ4n) is 2.34. The van der Waals surface area contributed by atoms with E-state index in [9.17, 15) is 0 Å². The average molecular weight is 243 g/mol. The zero-order chi connectivity index (χ0) is 12.3. The molecule has 0 unspecified atom stereocenters. The van der Waals surface area contributed by atoms with Crippen molar-refractivity contribution in [2.75, 3.05) is 26.4 Å². The fourth-order valence-corrected chi connectivity index (χ4v) is 2.34. The molecule has 0 amide bonds. The van der Waals surface area contributed by atoms with Crippen LogP contribution in [0.25, 0.3) is 0 Å². The second kappa shape index (κ2) is 9.86. The molecule has 1 rings (SSSR count). The monoisotopic (exact) mass is 243 g/mol. The van der Waals surface area contributed by atoms with E-state index in [4.69, 9.17) is 9.47 Å². The molecule has 0 saturated heterocycles. The SMILES string of the molecule is CCCNC1CCC(OCCCOCC)CC1. The fraction of sp³-hybridized carbons (Fsp3) is 1.00. The third-order valence-corrected chi connectivity index (χ3v) is 3.35. The lowest BCUT2D eigenvalue weighted by Gasteiger charge is -2.29. The molecule has 102 valence electrons. The number of hydrogen-bond acceptors (Lipinski definition) is 3. The minimum absolute atomic E-state index is 0.497.